The Morgan fingerprint density at radius 1 is 0.833 bits per heavy atom. The SMILES string of the molecule is CC(C)[C@H](CCC(=O)c1ccccc1)C(=O)OCCCC(=O)OCc1ccccc1. The van der Waals surface area contributed by atoms with Gasteiger partial charge in [0, 0.05) is 18.4 Å². The number of ether oxygens (including phenoxy) is 2. The zero-order valence-corrected chi connectivity index (χ0v) is 17.7. The Bertz CT molecular complexity index is 799. The second kappa shape index (κ2) is 12.6. The number of carbonyl (C=O) groups excluding carboxylic acids is 3. The van der Waals surface area contributed by atoms with E-state index in [1.807, 2.05) is 62.4 Å². The lowest BCUT2D eigenvalue weighted by Gasteiger charge is -2.19. The largest absolute Gasteiger partial charge is 0.465 e. The van der Waals surface area contributed by atoms with E-state index < -0.39 is 0 Å². The third kappa shape index (κ3) is 8.19. The molecule has 0 heterocycles. The van der Waals surface area contributed by atoms with E-state index in [0.717, 1.165) is 5.56 Å². The molecule has 0 unspecified atom stereocenters. The van der Waals surface area contributed by atoms with E-state index >= 15 is 0 Å². The van der Waals surface area contributed by atoms with Gasteiger partial charge in [-0.3, -0.25) is 14.4 Å². The summed E-state index contributed by atoms with van der Waals surface area (Å²) in [4.78, 5) is 36.5. The summed E-state index contributed by atoms with van der Waals surface area (Å²) < 4.78 is 10.6. The Morgan fingerprint density at radius 3 is 2.10 bits per heavy atom. The molecule has 0 amide bonds. The Balaban J connectivity index is 1.68. The predicted molar refractivity (Wildman–Crippen MR) is 115 cm³/mol. The van der Waals surface area contributed by atoms with Crippen molar-refractivity contribution in [3.05, 3.63) is 71.8 Å². The van der Waals surface area contributed by atoms with Crippen LogP contribution in [0.3, 0.4) is 0 Å². The van der Waals surface area contributed by atoms with Crippen LogP contribution >= 0.6 is 0 Å². The van der Waals surface area contributed by atoms with Crippen molar-refractivity contribution in [2.45, 2.75) is 46.1 Å². The average Bonchev–Trinajstić information content (AvgIpc) is 2.76. The second-order valence-corrected chi connectivity index (χ2v) is 7.60. The lowest BCUT2D eigenvalue weighted by Crippen LogP contribution is -2.24. The summed E-state index contributed by atoms with van der Waals surface area (Å²) in [6, 6.07) is 18.5. The van der Waals surface area contributed by atoms with E-state index in [1.165, 1.54) is 0 Å². The number of hydrogen-bond donors (Lipinski definition) is 0. The highest BCUT2D eigenvalue weighted by Gasteiger charge is 2.24. The maximum Gasteiger partial charge on any atom is 0.309 e. The number of benzene rings is 2. The summed E-state index contributed by atoms with van der Waals surface area (Å²) in [7, 11) is 0. The summed E-state index contributed by atoms with van der Waals surface area (Å²) in [6.07, 6.45) is 1.35. The second-order valence-electron chi connectivity index (χ2n) is 7.60. The zero-order valence-electron chi connectivity index (χ0n) is 17.7. The lowest BCUT2D eigenvalue weighted by atomic mass is 9.89. The quantitative estimate of drug-likeness (QED) is 0.280. The molecule has 30 heavy (non-hydrogen) atoms. The molecular formula is C25H30O5. The third-order valence-corrected chi connectivity index (χ3v) is 4.90. The van der Waals surface area contributed by atoms with Crippen LogP contribution in [0.1, 0.15) is 55.5 Å². The molecule has 2 aromatic rings. The van der Waals surface area contributed by atoms with Gasteiger partial charge in [-0.05, 0) is 24.3 Å². The van der Waals surface area contributed by atoms with Crippen LogP contribution in [-0.2, 0) is 25.7 Å². The molecule has 0 aliphatic rings. The minimum atomic E-state index is -0.345. The number of esters is 2. The van der Waals surface area contributed by atoms with Crippen molar-refractivity contribution in [3.63, 3.8) is 0 Å². The van der Waals surface area contributed by atoms with Crippen LogP contribution in [0, 0.1) is 11.8 Å². The van der Waals surface area contributed by atoms with Crippen LogP contribution in [0.5, 0.6) is 0 Å². The first-order valence-corrected chi connectivity index (χ1v) is 10.4. The third-order valence-electron chi connectivity index (χ3n) is 4.90. The van der Waals surface area contributed by atoms with E-state index in [4.69, 9.17) is 9.47 Å². The number of hydrogen-bond acceptors (Lipinski definition) is 5. The molecule has 0 N–H and O–H groups in total. The van der Waals surface area contributed by atoms with Crippen LogP contribution in [0.4, 0.5) is 0 Å². The summed E-state index contributed by atoms with van der Waals surface area (Å²) >= 11 is 0. The fraction of sp³-hybridized carbons (Fsp3) is 0.400. The molecule has 160 valence electrons. The minimum absolute atomic E-state index is 0.0233. The first kappa shape index (κ1) is 23.3. The molecule has 0 fully saturated rings. The van der Waals surface area contributed by atoms with Gasteiger partial charge in [-0.25, -0.2) is 0 Å². The minimum Gasteiger partial charge on any atom is -0.465 e. The first-order valence-electron chi connectivity index (χ1n) is 10.4. The van der Waals surface area contributed by atoms with Gasteiger partial charge in [0.05, 0.1) is 12.5 Å². The zero-order chi connectivity index (χ0) is 21.8. The van der Waals surface area contributed by atoms with Crippen molar-refractivity contribution in [1.82, 2.24) is 0 Å². The Kier molecular flexibility index (Phi) is 9.78. The van der Waals surface area contributed by atoms with Crippen molar-refractivity contribution >= 4 is 17.7 Å². The maximum atomic E-state index is 12.4. The molecule has 0 radical (unpaired) electrons. The summed E-state index contributed by atoms with van der Waals surface area (Å²) in [5.41, 5.74) is 1.59. The van der Waals surface area contributed by atoms with Crippen molar-refractivity contribution in [2.24, 2.45) is 11.8 Å². The van der Waals surface area contributed by atoms with Crippen LogP contribution in [0.2, 0.25) is 0 Å². The monoisotopic (exact) mass is 410 g/mol. The van der Waals surface area contributed by atoms with Crippen LogP contribution in [0.15, 0.2) is 60.7 Å². The summed E-state index contributed by atoms with van der Waals surface area (Å²) in [5.74, 6) is -0.887. The molecule has 0 saturated heterocycles. The van der Waals surface area contributed by atoms with E-state index in [0.29, 0.717) is 24.8 Å². The Hall–Kier alpha value is -2.95. The van der Waals surface area contributed by atoms with Crippen LogP contribution < -0.4 is 0 Å². The lowest BCUT2D eigenvalue weighted by molar-refractivity contribution is -0.152. The Morgan fingerprint density at radius 2 is 1.47 bits per heavy atom. The van der Waals surface area contributed by atoms with Gasteiger partial charge in [-0.1, -0.05) is 74.5 Å². The van der Waals surface area contributed by atoms with Gasteiger partial charge >= 0.3 is 11.9 Å². The molecule has 5 heteroatoms. The molecule has 0 aliphatic heterocycles. The van der Waals surface area contributed by atoms with E-state index in [-0.39, 0.29) is 49.2 Å². The van der Waals surface area contributed by atoms with Gasteiger partial charge in [0.15, 0.2) is 5.78 Å². The van der Waals surface area contributed by atoms with Crippen LogP contribution in [-0.4, -0.2) is 24.3 Å². The fourth-order valence-corrected chi connectivity index (χ4v) is 3.08. The number of rotatable bonds is 12. The van der Waals surface area contributed by atoms with Gasteiger partial charge in [0.2, 0.25) is 0 Å². The van der Waals surface area contributed by atoms with Crippen LogP contribution in [0.25, 0.3) is 0 Å². The Labute approximate surface area is 178 Å². The molecular weight excluding hydrogens is 380 g/mol. The van der Waals surface area contributed by atoms with E-state index in [9.17, 15) is 14.4 Å². The predicted octanol–water partition coefficient (Wildman–Crippen LogP) is 4.99. The molecule has 5 nitrogen and oxygen atoms in total. The molecule has 2 rings (SSSR count). The molecule has 1 atom stereocenters. The average molecular weight is 411 g/mol. The van der Waals surface area contributed by atoms with Crippen molar-refractivity contribution in [1.29, 1.82) is 0 Å². The van der Waals surface area contributed by atoms with E-state index in [2.05, 4.69) is 0 Å². The van der Waals surface area contributed by atoms with Crippen molar-refractivity contribution in [2.75, 3.05) is 6.61 Å². The summed E-state index contributed by atoms with van der Waals surface area (Å²) in [5, 5.41) is 0. The van der Waals surface area contributed by atoms with Gasteiger partial charge in [0.1, 0.15) is 6.61 Å². The fourth-order valence-electron chi connectivity index (χ4n) is 3.08. The highest BCUT2D eigenvalue weighted by Crippen LogP contribution is 2.21. The highest BCUT2D eigenvalue weighted by molar-refractivity contribution is 5.96. The number of ketones is 1. The highest BCUT2D eigenvalue weighted by atomic mass is 16.5. The maximum absolute atomic E-state index is 12.4. The molecule has 0 aromatic heterocycles. The van der Waals surface area contributed by atoms with E-state index in [1.54, 1.807) is 12.1 Å². The topological polar surface area (TPSA) is 69.7 Å². The molecule has 0 spiro atoms. The molecule has 0 aliphatic carbocycles. The molecule has 2 aromatic carbocycles. The molecule has 0 saturated carbocycles. The normalized spacial score (nSPS) is 11.7. The first-order chi connectivity index (χ1) is 14.5. The van der Waals surface area contributed by atoms with Gasteiger partial charge in [-0.2, -0.15) is 0 Å². The smallest absolute Gasteiger partial charge is 0.309 e. The standard InChI is InChI=1S/C25H30O5/c1-19(2)22(15-16-23(26)21-12-7-4-8-13-21)25(28)29-17-9-14-24(27)30-18-20-10-5-3-6-11-20/h3-8,10-13,19,22H,9,14-18H2,1-2H3/t22-/m0/s1. The van der Waals surface area contributed by atoms with Crippen molar-refractivity contribution in [3.8, 4) is 0 Å². The van der Waals surface area contributed by atoms with Crippen molar-refractivity contribution < 1.29 is 23.9 Å². The number of Topliss-reactive ketones (excluding diaryl/α,β-unsaturated/α-hetero) is 1. The summed E-state index contributed by atoms with van der Waals surface area (Å²) in [6.45, 7) is 4.29. The van der Waals surface area contributed by atoms with Gasteiger partial charge in [-0.15, -0.1) is 0 Å². The molecule has 0 bridgehead atoms. The van der Waals surface area contributed by atoms with Gasteiger partial charge in [0.25, 0.3) is 0 Å². The van der Waals surface area contributed by atoms with Gasteiger partial charge < -0.3 is 9.47 Å². The number of carbonyl (C=O) groups is 3.